The monoisotopic (exact) mass is 346 g/mol. The van der Waals surface area contributed by atoms with Crippen molar-refractivity contribution in [3.8, 4) is 0 Å². The Morgan fingerprint density at radius 2 is 1.90 bits per heavy atom. The lowest BCUT2D eigenvalue weighted by molar-refractivity contribution is -0.116. The van der Waals surface area contributed by atoms with Gasteiger partial charge in [0.25, 0.3) is 0 Å². The molecule has 0 spiro atoms. The quantitative estimate of drug-likeness (QED) is 0.779. The highest BCUT2D eigenvalue weighted by Crippen LogP contribution is 2.20. The van der Waals surface area contributed by atoms with E-state index >= 15 is 0 Å². The Kier molecular flexibility index (Phi) is 5.96. The fourth-order valence-electron chi connectivity index (χ4n) is 2.01. The van der Waals surface area contributed by atoms with Gasteiger partial charge in [-0.1, -0.05) is 46.3 Å². The predicted molar refractivity (Wildman–Crippen MR) is 90.3 cm³/mol. The van der Waals surface area contributed by atoms with Gasteiger partial charge in [0.1, 0.15) is 0 Å². The molecular formula is C17H19BrN2O. The molecule has 0 aliphatic carbocycles. The number of carbonyl (C=O) groups excluding carboxylic acids is 1. The average Bonchev–Trinajstić information content (AvgIpc) is 2.48. The smallest absolute Gasteiger partial charge is 0.225 e. The first kappa shape index (κ1) is 15.7. The van der Waals surface area contributed by atoms with E-state index in [0.29, 0.717) is 13.0 Å². The molecule has 0 heterocycles. The summed E-state index contributed by atoms with van der Waals surface area (Å²) in [5.74, 6) is 0.0287. The van der Waals surface area contributed by atoms with Crippen molar-refractivity contribution in [1.82, 2.24) is 5.32 Å². The Balaban J connectivity index is 1.72. The van der Waals surface area contributed by atoms with Crippen LogP contribution in [0.1, 0.15) is 17.5 Å². The Morgan fingerprint density at radius 1 is 1.14 bits per heavy atom. The van der Waals surface area contributed by atoms with E-state index in [1.54, 1.807) is 0 Å². The van der Waals surface area contributed by atoms with Crippen molar-refractivity contribution in [2.75, 3.05) is 11.9 Å². The van der Waals surface area contributed by atoms with E-state index in [9.17, 15) is 4.79 Å². The second kappa shape index (κ2) is 7.96. The molecule has 110 valence electrons. The highest BCUT2D eigenvalue weighted by atomic mass is 79.9. The van der Waals surface area contributed by atoms with Gasteiger partial charge in [-0.15, -0.1) is 0 Å². The zero-order valence-electron chi connectivity index (χ0n) is 12.0. The Morgan fingerprint density at radius 3 is 2.62 bits per heavy atom. The molecule has 2 N–H and O–H groups in total. The van der Waals surface area contributed by atoms with Gasteiger partial charge in [0.05, 0.1) is 0 Å². The number of hydrogen-bond acceptors (Lipinski definition) is 2. The molecule has 21 heavy (non-hydrogen) atoms. The van der Waals surface area contributed by atoms with Crippen LogP contribution in [0.4, 0.5) is 5.69 Å². The summed E-state index contributed by atoms with van der Waals surface area (Å²) < 4.78 is 1.02. The molecule has 2 rings (SSSR count). The van der Waals surface area contributed by atoms with Gasteiger partial charge in [0.15, 0.2) is 0 Å². The molecule has 0 saturated carbocycles. The Labute approximate surface area is 133 Å². The van der Waals surface area contributed by atoms with Crippen LogP contribution in [0, 0.1) is 6.92 Å². The van der Waals surface area contributed by atoms with Gasteiger partial charge in [-0.3, -0.25) is 4.79 Å². The van der Waals surface area contributed by atoms with E-state index in [2.05, 4.69) is 38.7 Å². The molecule has 0 fully saturated rings. The van der Waals surface area contributed by atoms with Crippen molar-refractivity contribution in [2.24, 2.45) is 0 Å². The van der Waals surface area contributed by atoms with E-state index in [-0.39, 0.29) is 5.91 Å². The molecule has 0 aliphatic heterocycles. The molecule has 1 amide bonds. The summed E-state index contributed by atoms with van der Waals surface area (Å²) in [6.45, 7) is 3.43. The van der Waals surface area contributed by atoms with Crippen LogP contribution in [-0.2, 0) is 11.3 Å². The summed E-state index contributed by atoms with van der Waals surface area (Å²) in [4.78, 5) is 11.9. The third-order valence-corrected chi connectivity index (χ3v) is 3.66. The highest BCUT2D eigenvalue weighted by molar-refractivity contribution is 9.10. The van der Waals surface area contributed by atoms with Crippen molar-refractivity contribution in [2.45, 2.75) is 19.9 Å². The third-order valence-electron chi connectivity index (χ3n) is 3.16. The van der Waals surface area contributed by atoms with Crippen LogP contribution in [0.15, 0.2) is 53.0 Å². The fraction of sp³-hybridized carbons (Fsp3) is 0.235. The maximum Gasteiger partial charge on any atom is 0.225 e. The number of amides is 1. The summed E-state index contributed by atoms with van der Waals surface area (Å²) in [7, 11) is 0. The SMILES string of the molecule is Cc1cc(Br)ccc1NC(=O)CCNCc1ccccc1. The van der Waals surface area contributed by atoms with Crippen LogP contribution >= 0.6 is 15.9 Å². The van der Waals surface area contributed by atoms with E-state index in [1.165, 1.54) is 5.56 Å². The summed E-state index contributed by atoms with van der Waals surface area (Å²) in [6.07, 6.45) is 0.461. The van der Waals surface area contributed by atoms with Crippen molar-refractivity contribution in [3.05, 3.63) is 64.1 Å². The predicted octanol–water partition coefficient (Wildman–Crippen LogP) is 3.88. The van der Waals surface area contributed by atoms with Gasteiger partial charge in [-0.05, 0) is 36.2 Å². The molecule has 0 radical (unpaired) electrons. The van der Waals surface area contributed by atoms with E-state index in [1.807, 2.05) is 43.3 Å². The first-order valence-electron chi connectivity index (χ1n) is 6.96. The molecule has 2 aromatic carbocycles. The van der Waals surface area contributed by atoms with Gasteiger partial charge < -0.3 is 10.6 Å². The van der Waals surface area contributed by atoms with E-state index in [4.69, 9.17) is 0 Å². The molecule has 0 unspecified atom stereocenters. The summed E-state index contributed by atoms with van der Waals surface area (Å²) >= 11 is 3.41. The molecule has 0 aromatic heterocycles. The molecule has 0 bridgehead atoms. The Bertz CT molecular complexity index is 599. The zero-order valence-corrected chi connectivity index (χ0v) is 13.6. The summed E-state index contributed by atoms with van der Waals surface area (Å²) in [6, 6.07) is 16.0. The number of benzene rings is 2. The average molecular weight is 347 g/mol. The van der Waals surface area contributed by atoms with Crippen LogP contribution < -0.4 is 10.6 Å². The number of rotatable bonds is 6. The van der Waals surface area contributed by atoms with Gasteiger partial charge in [-0.25, -0.2) is 0 Å². The normalized spacial score (nSPS) is 10.4. The number of aryl methyl sites for hydroxylation is 1. The van der Waals surface area contributed by atoms with Crippen molar-refractivity contribution in [3.63, 3.8) is 0 Å². The number of nitrogens with one attached hydrogen (secondary N) is 2. The fourth-order valence-corrected chi connectivity index (χ4v) is 2.49. The second-order valence-electron chi connectivity index (χ2n) is 4.92. The van der Waals surface area contributed by atoms with E-state index < -0.39 is 0 Å². The molecule has 3 nitrogen and oxygen atoms in total. The lowest BCUT2D eigenvalue weighted by atomic mass is 10.2. The number of halogens is 1. The minimum Gasteiger partial charge on any atom is -0.326 e. The first-order valence-corrected chi connectivity index (χ1v) is 7.75. The maximum absolute atomic E-state index is 11.9. The van der Waals surface area contributed by atoms with Crippen LogP contribution in [-0.4, -0.2) is 12.5 Å². The topological polar surface area (TPSA) is 41.1 Å². The first-order chi connectivity index (χ1) is 10.1. The number of carbonyl (C=O) groups is 1. The minimum atomic E-state index is 0.0287. The zero-order chi connectivity index (χ0) is 15.1. The van der Waals surface area contributed by atoms with Crippen LogP contribution in [0.3, 0.4) is 0 Å². The highest BCUT2D eigenvalue weighted by Gasteiger charge is 2.04. The van der Waals surface area contributed by atoms with Gasteiger partial charge >= 0.3 is 0 Å². The lowest BCUT2D eigenvalue weighted by Gasteiger charge is -2.09. The number of anilines is 1. The van der Waals surface area contributed by atoms with Crippen molar-refractivity contribution < 1.29 is 4.79 Å². The molecular weight excluding hydrogens is 328 g/mol. The van der Waals surface area contributed by atoms with Crippen molar-refractivity contribution >= 4 is 27.5 Å². The summed E-state index contributed by atoms with van der Waals surface area (Å²) in [5.41, 5.74) is 3.14. The molecule has 0 aliphatic rings. The molecule has 0 saturated heterocycles. The van der Waals surface area contributed by atoms with Gasteiger partial charge in [-0.2, -0.15) is 0 Å². The maximum atomic E-state index is 11.9. The van der Waals surface area contributed by atoms with E-state index in [0.717, 1.165) is 22.3 Å². The Hall–Kier alpha value is -1.65. The van der Waals surface area contributed by atoms with Crippen LogP contribution in [0.2, 0.25) is 0 Å². The molecule has 4 heteroatoms. The standard InChI is InChI=1S/C17H19BrN2O/c1-13-11-15(18)7-8-16(13)20-17(21)9-10-19-12-14-5-3-2-4-6-14/h2-8,11,19H,9-10,12H2,1H3,(H,20,21). The van der Waals surface area contributed by atoms with Crippen LogP contribution in [0.25, 0.3) is 0 Å². The van der Waals surface area contributed by atoms with Gasteiger partial charge in [0, 0.05) is 29.7 Å². The second-order valence-corrected chi connectivity index (χ2v) is 5.84. The number of hydrogen-bond donors (Lipinski definition) is 2. The molecule has 0 atom stereocenters. The minimum absolute atomic E-state index is 0.0287. The van der Waals surface area contributed by atoms with Crippen molar-refractivity contribution in [1.29, 1.82) is 0 Å². The van der Waals surface area contributed by atoms with Gasteiger partial charge in [0.2, 0.25) is 5.91 Å². The largest absolute Gasteiger partial charge is 0.326 e. The lowest BCUT2D eigenvalue weighted by Crippen LogP contribution is -2.21. The van der Waals surface area contributed by atoms with Crippen LogP contribution in [0.5, 0.6) is 0 Å². The third kappa shape index (κ3) is 5.33. The summed E-state index contributed by atoms with van der Waals surface area (Å²) in [5, 5.41) is 6.21. The molecule has 2 aromatic rings.